The number of hydrogen-bond donors (Lipinski definition) is 0. The summed E-state index contributed by atoms with van der Waals surface area (Å²) in [7, 11) is 1.64. The SMILES string of the molecule is COc1ccccc1C1CCN(CC(=O)N2C3CCC2c2snnc2C3)C(C)C1=O. The van der Waals surface area contributed by atoms with E-state index < -0.39 is 0 Å². The average Bonchev–Trinajstić information content (AvgIpc) is 3.36. The Balaban J connectivity index is 1.29. The molecule has 1 amide bonds. The summed E-state index contributed by atoms with van der Waals surface area (Å²) in [6.45, 7) is 2.94. The highest BCUT2D eigenvalue weighted by Crippen LogP contribution is 2.44. The first-order chi connectivity index (χ1) is 14.6. The van der Waals surface area contributed by atoms with Crippen molar-refractivity contribution < 1.29 is 14.3 Å². The van der Waals surface area contributed by atoms with Crippen molar-refractivity contribution in [2.75, 3.05) is 20.2 Å². The van der Waals surface area contributed by atoms with Gasteiger partial charge in [-0.2, -0.15) is 0 Å². The number of para-hydroxylation sites is 1. The first kappa shape index (κ1) is 19.6. The fourth-order valence-corrected chi connectivity index (χ4v) is 6.20. The van der Waals surface area contributed by atoms with Gasteiger partial charge in [0.2, 0.25) is 5.91 Å². The molecule has 3 aliphatic rings. The van der Waals surface area contributed by atoms with E-state index in [1.165, 1.54) is 11.5 Å². The molecule has 2 aromatic rings. The van der Waals surface area contributed by atoms with Crippen LogP contribution < -0.4 is 4.74 Å². The van der Waals surface area contributed by atoms with Crippen molar-refractivity contribution in [2.45, 2.75) is 56.7 Å². The molecule has 4 heterocycles. The van der Waals surface area contributed by atoms with Gasteiger partial charge in [-0.25, -0.2) is 0 Å². The summed E-state index contributed by atoms with van der Waals surface area (Å²) in [5, 5.41) is 4.25. The van der Waals surface area contributed by atoms with Crippen LogP contribution in [0.25, 0.3) is 0 Å². The Labute approximate surface area is 180 Å². The van der Waals surface area contributed by atoms with Crippen molar-refractivity contribution in [3.05, 3.63) is 40.4 Å². The Morgan fingerprint density at radius 2 is 2.10 bits per heavy atom. The number of Topliss-reactive ketones (excluding diaryl/α,β-unsaturated/α-hetero) is 1. The maximum absolute atomic E-state index is 13.3. The van der Waals surface area contributed by atoms with Gasteiger partial charge in [0.05, 0.1) is 36.3 Å². The molecule has 1 aromatic carbocycles. The largest absolute Gasteiger partial charge is 0.496 e. The van der Waals surface area contributed by atoms with Crippen LogP contribution in [-0.4, -0.2) is 63.4 Å². The van der Waals surface area contributed by atoms with Crippen molar-refractivity contribution in [2.24, 2.45) is 0 Å². The lowest BCUT2D eigenvalue weighted by atomic mass is 9.84. The van der Waals surface area contributed by atoms with Crippen molar-refractivity contribution in [1.29, 1.82) is 0 Å². The van der Waals surface area contributed by atoms with Gasteiger partial charge in [-0.1, -0.05) is 22.7 Å². The van der Waals surface area contributed by atoms with Crippen LogP contribution in [-0.2, 0) is 16.0 Å². The molecule has 4 unspecified atom stereocenters. The number of rotatable bonds is 4. The van der Waals surface area contributed by atoms with Gasteiger partial charge in [-0.3, -0.25) is 14.5 Å². The molecule has 0 spiro atoms. The number of methoxy groups -OCH3 is 1. The fourth-order valence-electron chi connectivity index (χ4n) is 5.39. The first-order valence-electron chi connectivity index (χ1n) is 10.6. The van der Waals surface area contributed by atoms with Crippen LogP contribution in [0.15, 0.2) is 24.3 Å². The van der Waals surface area contributed by atoms with Crippen LogP contribution in [0.1, 0.15) is 54.3 Å². The number of fused-ring (bicyclic) bond motifs is 4. The van der Waals surface area contributed by atoms with Crippen LogP contribution in [0.5, 0.6) is 5.75 Å². The second kappa shape index (κ2) is 7.74. The van der Waals surface area contributed by atoms with E-state index in [-0.39, 0.29) is 35.7 Å². The Bertz CT molecular complexity index is 977. The summed E-state index contributed by atoms with van der Waals surface area (Å²) in [5.74, 6) is 0.858. The first-order valence-corrected chi connectivity index (χ1v) is 11.4. The molecule has 1 aromatic heterocycles. The van der Waals surface area contributed by atoms with E-state index in [9.17, 15) is 9.59 Å². The minimum atomic E-state index is -0.291. The standard InChI is InChI=1S/C22H26N4O3S/c1-13-21(28)16(15-5-3-4-6-19(15)29-2)9-10-25(13)12-20(27)26-14-7-8-18(26)22-17(11-14)23-24-30-22/h3-6,13-14,16,18H,7-12H2,1-2H3. The molecule has 0 saturated carbocycles. The Hall–Kier alpha value is -2.32. The number of benzene rings is 1. The number of amides is 1. The van der Waals surface area contributed by atoms with Gasteiger partial charge in [-0.15, -0.1) is 5.10 Å². The third-order valence-electron chi connectivity index (χ3n) is 6.97. The van der Waals surface area contributed by atoms with Gasteiger partial charge in [0.15, 0.2) is 5.78 Å². The predicted octanol–water partition coefficient (Wildman–Crippen LogP) is 2.58. The second-order valence-corrected chi connectivity index (χ2v) is 9.25. The zero-order valence-electron chi connectivity index (χ0n) is 17.3. The van der Waals surface area contributed by atoms with E-state index in [4.69, 9.17) is 4.74 Å². The number of nitrogens with zero attached hydrogens (tertiary/aromatic N) is 4. The van der Waals surface area contributed by atoms with Crippen LogP contribution in [0.3, 0.4) is 0 Å². The lowest BCUT2D eigenvalue weighted by Crippen LogP contribution is -2.53. The molecule has 0 radical (unpaired) electrons. The molecule has 3 aliphatic heterocycles. The van der Waals surface area contributed by atoms with Crippen molar-refractivity contribution in [3.63, 3.8) is 0 Å². The van der Waals surface area contributed by atoms with E-state index >= 15 is 0 Å². The predicted molar refractivity (Wildman–Crippen MR) is 113 cm³/mol. The summed E-state index contributed by atoms with van der Waals surface area (Å²) in [6.07, 6.45) is 3.51. The zero-order valence-corrected chi connectivity index (χ0v) is 18.1. The van der Waals surface area contributed by atoms with E-state index in [2.05, 4.69) is 9.59 Å². The molecule has 2 bridgehead atoms. The molecule has 2 fully saturated rings. The van der Waals surface area contributed by atoms with Gasteiger partial charge < -0.3 is 9.64 Å². The summed E-state index contributed by atoms with van der Waals surface area (Å²) >= 11 is 1.42. The van der Waals surface area contributed by atoms with E-state index in [1.807, 2.05) is 41.0 Å². The normalized spacial score (nSPS) is 28.5. The van der Waals surface area contributed by atoms with E-state index in [1.54, 1.807) is 7.11 Å². The average molecular weight is 427 g/mol. The smallest absolute Gasteiger partial charge is 0.237 e. The number of piperidine rings is 1. The molecule has 2 saturated heterocycles. The monoisotopic (exact) mass is 426 g/mol. The summed E-state index contributed by atoms with van der Waals surface area (Å²) in [6, 6.07) is 7.78. The molecule has 7 nitrogen and oxygen atoms in total. The molecule has 0 N–H and O–H groups in total. The number of likely N-dealkylation sites (tertiary alicyclic amines) is 1. The molecular formula is C22H26N4O3S. The quantitative estimate of drug-likeness (QED) is 0.748. The highest BCUT2D eigenvalue weighted by molar-refractivity contribution is 7.05. The molecule has 4 atom stereocenters. The Morgan fingerprint density at radius 1 is 1.27 bits per heavy atom. The highest BCUT2D eigenvalue weighted by atomic mass is 32.1. The van der Waals surface area contributed by atoms with E-state index in [0.717, 1.165) is 47.7 Å². The van der Waals surface area contributed by atoms with Gasteiger partial charge in [0.25, 0.3) is 0 Å². The van der Waals surface area contributed by atoms with Crippen LogP contribution >= 0.6 is 11.5 Å². The number of ketones is 1. The van der Waals surface area contributed by atoms with Crippen molar-refractivity contribution >= 4 is 23.2 Å². The maximum Gasteiger partial charge on any atom is 0.237 e. The number of hydrogen-bond acceptors (Lipinski definition) is 7. The highest BCUT2D eigenvalue weighted by Gasteiger charge is 2.45. The lowest BCUT2D eigenvalue weighted by molar-refractivity contribution is -0.138. The van der Waals surface area contributed by atoms with E-state index in [0.29, 0.717) is 13.0 Å². The molecular weight excluding hydrogens is 400 g/mol. The van der Waals surface area contributed by atoms with Crippen LogP contribution in [0.4, 0.5) is 0 Å². The summed E-state index contributed by atoms with van der Waals surface area (Å²) < 4.78 is 9.56. The summed E-state index contributed by atoms with van der Waals surface area (Å²) in [5.41, 5.74) is 2.01. The van der Waals surface area contributed by atoms with Gasteiger partial charge >= 0.3 is 0 Å². The minimum Gasteiger partial charge on any atom is -0.496 e. The molecule has 5 rings (SSSR count). The van der Waals surface area contributed by atoms with Crippen molar-refractivity contribution in [1.82, 2.24) is 19.4 Å². The van der Waals surface area contributed by atoms with Crippen LogP contribution in [0, 0.1) is 0 Å². The van der Waals surface area contributed by atoms with Crippen LogP contribution in [0.2, 0.25) is 0 Å². The number of ether oxygens (including phenoxy) is 1. The third kappa shape index (κ3) is 3.13. The number of carbonyl (C=O) groups is 2. The lowest BCUT2D eigenvalue weighted by Gasteiger charge is -2.39. The number of carbonyl (C=O) groups excluding carboxylic acids is 2. The second-order valence-electron chi connectivity index (χ2n) is 8.47. The fraction of sp³-hybridized carbons (Fsp3) is 0.545. The maximum atomic E-state index is 13.3. The van der Waals surface area contributed by atoms with Gasteiger partial charge in [-0.05, 0) is 43.8 Å². The third-order valence-corrected chi connectivity index (χ3v) is 7.84. The summed E-state index contributed by atoms with van der Waals surface area (Å²) in [4.78, 5) is 31.7. The zero-order chi connectivity index (χ0) is 20.8. The Morgan fingerprint density at radius 3 is 2.93 bits per heavy atom. The molecule has 30 heavy (non-hydrogen) atoms. The molecule has 8 heteroatoms. The van der Waals surface area contributed by atoms with Gasteiger partial charge in [0, 0.05) is 30.5 Å². The molecule has 0 aliphatic carbocycles. The molecule has 158 valence electrons. The Kier molecular flexibility index (Phi) is 5.06. The number of aromatic nitrogens is 2. The van der Waals surface area contributed by atoms with Crippen molar-refractivity contribution in [3.8, 4) is 5.75 Å². The minimum absolute atomic E-state index is 0.114. The van der Waals surface area contributed by atoms with Gasteiger partial charge in [0.1, 0.15) is 5.75 Å². The topological polar surface area (TPSA) is 75.6 Å².